The van der Waals surface area contributed by atoms with Gasteiger partial charge in [-0.05, 0) is 81.6 Å². The predicted octanol–water partition coefficient (Wildman–Crippen LogP) is 14.1. The summed E-state index contributed by atoms with van der Waals surface area (Å²) in [5.41, 5.74) is 13.0. The molecule has 0 saturated carbocycles. The average molecular weight is 755 g/mol. The number of rotatable bonds is 6. The van der Waals surface area contributed by atoms with Crippen LogP contribution in [0, 0.1) is 0 Å². The predicted molar refractivity (Wildman–Crippen MR) is 242 cm³/mol. The SMILES string of the molecule is c1ccc(-c2ccc3c4ccc(Oc5ccc6c7ccc(-c8ccccc8)cc7n7c(-c8ccccc8)cnc7c6c5)cc4c4ncc(-c5ccccc5)n4c3c2)cc1. The van der Waals surface area contributed by atoms with Gasteiger partial charge in [-0.1, -0.05) is 146 Å². The van der Waals surface area contributed by atoms with Gasteiger partial charge in [0.15, 0.2) is 0 Å². The van der Waals surface area contributed by atoms with Crippen molar-refractivity contribution < 1.29 is 4.74 Å². The van der Waals surface area contributed by atoms with E-state index in [0.717, 1.165) is 99.8 Å². The number of hydrogen-bond donors (Lipinski definition) is 0. The van der Waals surface area contributed by atoms with Gasteiger partial charge in [-0.2, -0.15) is 0 Å². The summed E-state index contributed by atoms with van der Waals surface area (Å²) in [5.74, 6) is 1.47. The van der Waals surface area contributed by atoms with Gasteiger partial charge in [-0.3, -0.25) is 8.80 Å². The molecule has 0 N–H and O–H groups in total. The molecule has 0 fully saturated rings. The van der Waals surface area contributed by atoms with Crippen LogP contribution in [0.4, 0.5) is 0 Å². The van der Waals surface area contributed by atoms with Crippen molar-refractivity contribution in [1.29, 1.82) is 0 Å². The zero-order chi connectivity index (χ0) is 38.9. The third kappa shape index (κ3) is 5.40. The lowest BCUT2D eigenvalue weighted by Gasteiger charge is -2.15. The van der Waals surface area contributed by atoms with Gasteiger partial charge in [0.05, 0.1) is 34.8 Å². The number of pyridine rings is 2. The van der Waals surface area contributed by atoms with E-state index in [0.29, 0.717) is 0 Å². The molecule has 0 spiro atoms. The number of aromatic nitrogens is 4. The molecule has 0 atom stereocenters. The first kappa shape index (κ1) is 33.2. The van der Waals surface area contributed by atoms with E-state index in [1.165, 1.54) is 11.1 Å². The number of nitrogens with zero attached hydrogens (tertiary/aromatic N) is 4. The van der Waals surface area contributed by atoms with Crippen LogP contribution in [0.25, 0.3) is 99.4 Å². The summed E-state index contributed by atoms with van der Waals surface area (Å²) in [6.07, 6.45) is 3.98. The van der Waals surface area contributed by atoms with Gasteiger partial charge in [-0.15, -0.1) is 0 Å². The Hall–Kier alpha value is -8.02. The lowest BCUT2D eigenvalue weighted by molar-refractivity contribution is 0.484. The Kier molecular flexibility index (Phi) is 7.47. The van der Waals surface area contributed by atoms with Crippen molar-refractivity contribution >= 4 is 54.6 Å². The van der Waals surface area contributed by atoms with Crippen molar-refractivity contribution in [2.45, 2.75) is 0 Å². The molecule has 4 heterocycles. The molecule has 5 heteroatoms. The fourth-order valence-corrected chi connectivity index (χ4v) is 8.86. The molecule has 0 bridgehead atoms. The van der Waals surface area contributed by atoms with Crippen molar-refractivity contribution in [3.05, 3.63) is 207 Å². The number of ether oxygens (including phenoxy) is 1. The fraction of sp³-hybridized carbons (Fsp3) is 0. The van der Waals surface area contributed by atoms with Crippen molar-refractivity contribution in [3.8, 4) is 56.3 Å². The third-order valence-corrected chi connectivity index (χ3v) is 11.6. The topological polar surface area (TPSA) is 43.8 Å². The maximum absolute atomic E-state index is 6.78. The fourth-order valence-electron chi connectivity index (χ4n) is 8.86. The summed E-state index contributed by atoms with van der Waals surface area (Å²) in [4.78, 5) is 10.2. The summed E-state index contributed by atoms with van der Waals surface area (Å²) in [7, 11) is 0. The summed E-state index contributed by atoms with van der Waals surface area (Å²) in [6.45, 7) is 0. The zero-order valence-electron chi connectivity index (χ0n) is 31.8. The van der Waals surface area contributed by atoms with Crippen LogP contribution in [0.2, 0.25) is 0 Å². The second-order valence-corrected chi connectivity index (χ2v) is 15.0. The van der Waals surface area contributed by atoms with Crippen LogP contribution in [-0.4, -0.2) is 18.8 Å². The van der Waals surface area contributed by atoms with Gasteiger partial charge >= 0.3 is 0 Å². The lowest BCUT2D eigenvalue weighted by atomic mass is 10.00. The number of fused-ring (bicyclic) bond motifs is 12. The Morgan fingerprint density at radius 3 is 1.08 bits per heavy atom. The van der Waals surface area contributed by atoms with Gasteiger partial charge in [0, 0.05) is 32.7 Å². The molecule has 12 rings (SSSR count). The summed E-state index contributed by atoms with van der Waals surface area (Å²) in [6, 6.07) is 68.3. The Balaban J connectivity index is 1.02. The Morgan fingerprint density at radius 1 is 0.305 bits per heavy atom. The van der Waals surface area contributed by atoms with E-state index in [2.05, 4.69) is 191 Å². The van der Waals surface area contributed by atoms with Gasteiger partial charge < -0.3 is 4.74 Å². The highest BCUT2D eigenvalue weighted by Crippen LogP contribution is 2.40. The van der Waals surface area contributed by atoms with E-state index in [1.807, 2.05) is 24.5 Å². The highest BCUT2D eigenvalue weighted by Gasteiger charge is 2.19. The minimum atomic E-state index is 0.737. The molecular formula is C54H34N4O. The van der Waals surface area contributed by atoms with E-state index < -0.39 is 0 Å². The molecule has 276 valence electrons. The number of benzene rings is 8. The van der Waals surface area contributed by atoms with Gasteiger partial charge in [-0.25, -0.2) is 9.97 Å². The summed E-state index contributed by atoms with van der Waals surface area (Å²) >= 11 is 0. The number of hydrogen-bond acceptors (Lipinski definition) is 3. The highest BCUT2D eigenvalue weighted by atomic mass is 16.5. The third-order valence-electron chi connectivity index (χ3n) is 11.6. The van der Waals surface area contributed by atoms with Crippen molar-refractivity contribution in [1.82, 2.24) is 18.8 Å². The molecular weight excluding hydrogens is 721 g/mol. The molecule has 5 nitrogen and oxygen atoms in total. The molecule has 0 radical (unpaired) electrons. The molecule has 12 aromatic rings. The normalized spacial score (nSPS) is 11.7. The van der Waals surface area contributed by atoms with Gasteiger partial charge in [0.2, 0.25) is 0 Å². The van der Waals surface area contributed by atoms with Crippen molar-refractivity contribution in [3.63, 3.8) is 0 Å². The molecule has 0 saturated heterocycles. The Morgan fingerprint density at radius 2 is 0.678 bits per heavy atom. The summed E-state index contributed by atoms with van der Waals surface area (Å²) < 4.78 is 11.4. The van der Waals surface area contributed by atoms with Crippen LogP contribution in [0.1, 0.15) is 0 Å². The van der Waals surface area contributed by atoms with E-state index >= 15 is 0 Å². The first-order chi connectivity index (χ1) is 29.2. The van der Waals surface area contributed by atoms with Gasteiger partial charge in [0.25, 0.3) is 0 Å². The van der Waals surface area contributed by atoms with E-state index in [-0.39, 0.29) is 0 Å². The van der Waals surface area contributed by atoms with Crippen LogP contribution < -0.4 is 4.74 Å². The maximum Gasteiger partial charge on any atom is 0.145 e. The minimum Gasteiger partial charge on any atom is -0.457 e. The summed E-state index contributed by atoms with van der Waals surface area (Å²) in [5, 5.41) is 6.59. The van der Waals surface area contributed by atoms with Gasteiger partial charge in [0.1, 0.15) is 22.8 Å². The van der Waals surface area contributed by atoms with Crippen molar-refractivity contribution in [2.24, 2.45) is 0 Å². The lowest BCUT2D eigenvalue weighted by Crippen LogP contribution is -1.96. The largest absolute Gasteiger partial charge is 0.457 e. The highest BCUT2D eigenvalue weighted by molar-refractivity contribution is 6.15. The van der Waals surface area contributed by atoms with E-state index in [1.54, 1.807) is 0 Å². The van der Waals surface area contributed by atoms with Crippen LogP contribution in [0.5, 0.6) is 11.5 Å². The molecule has 59 heavy (non-hydrogen) atoms. The average Bonchev–Trinajstić information content (AvgIpc) is 3.97. The van der Waals surface area contributed by atoms with Crippen LogP contribution >= 0.6 is 0 Å². The zero-order valence-corrected chi connectivity index (χ0v) is 31.8. The monoisotopic (exact) mass is 754 g/mol. The second kappa shape index (κ2) is 13.3. The standard InChI is InChI=1S/C54H34N4O/c1-5-13-35(14-6-1)39-21-25-45-43-27-23-41(31-47(43)53-55-33-51(57(53)49(45)29-39)37-17-9-3-10-18-37)59-42-24-28-44-46-26-22-40(36-15-7-2-8-16-36)30-50(46)58-52(38-19-11-4-12-20-38)34-56-54(58)48(44)32-42/h1-34H. The molecule has 0 aliphatic heterocycles. The number of imidazole rings is 2. The Bertz CT molecular complexity index is 3320. The molecule has 0 aliphatic rings. The van der Waals surface area contributed by atoms with Crippen LogP contribution in [-0.2, 0) is 0 Å². The quantitative estimate of drug-likeness (QED) is 0.159. The first-order valence-corrected chi connectivity index (χ1v) is 19.9. The smallest absolute Gasteiger partial charge is 0.145 e. The van der Waals surface area contributed by atoms with E-state index in [9.17, 15) is 0 Å². The maximum atomic E-state index is 6.78. The molecule has 0 aliphatic carbocycles. The molecule has 4 aromatic heterocycles. The van der Waals surface area contributed by atoms with Crippen LogP contribution in [0.15, 0.2) is 207 Å². The molecule has 0 unspecified atom stereocenters. The minimum absolute atomic E-state index is 0.737. The van der Waals surface area contributed by atoms with Crippen LogP contribution in [0.3, 0.4) is 0 Å². The second-order valence-electron chi connectivity index (χ2n) is 15.0. The Labute approximate surface area is 339 Å². The first-order valence-electron chi connectivity index (χ1n) is 19.9. The molecule has 8 aromatic carbocycles. The van der Waals surface area contributed by atoms with Crippen molar-refractivity contribution in [2.75, 3.05) is 0 Å². The molecule has 0 amide bonds. The van der Waals surface area contributed by atoms with E-state index in [4.69, 9.17) is 14.7 Å².